The smallest absolute Gasteiger partial charge is 0.132 e. The zero-order valence-electron chi connectivity index (χ0n) is 9.53. The second-order valence-corrected chi connectivity index (χ2v) is 4.57. The number of likely N-dealkylation sites (N-methyl/N-ethyl adjacent to an activating group) is 1. The first kappa shape index (κ1) is 12.8. The first-order valence-electron chi connectivity index (χ1n) is 4.83. The minimum atomic E-state index is -0.454. The Morgan fingerprint density at radius 1 is 1.56 bits per heavy atom. The molecule has 0 aliphatic heterocycles. The van der Waals surface area contributed by atoms with E-state index in [-0.39, 0.29) is 11.8 Å². The fourth-order valence-corrected chi connectivity index (χ4v) is 1.34. The van der Waals surface area contributed by atoms with Crippen molar-refractivity contribution in [3.05, 3.63) is 22.8 Å². The quantitative estimate of drug-likeness (QED) is 0.818. The molecule has 0 bridgehead atoms. The molecule has 0 aliphatic rings. The average Bonchev–Trinajstić information content (AvgIpc) is 2.27. The molecule has 1 heterocycles. The Labute approximate surface area is 100 Å². The lowest BCUT2D eigenvalue weighted by Gasteiger charge is -2.34. The third-order valence-electron chi connectivity index (χ3n) is 2.55. The number of hydrogen-bond donors (Lipinski definition) is 1. The molecule has 86 valence electrons. The molecule has 0 radical (unpaired) electrons. The second kappa shape index (κ2) is 4.69. The Morgan fingerprint density at radius 3 is 2.69 bits per heavy atom. The SMILES string of the molecule is CN(c1cc(C#N)cc(Cl)n1)C(C)(C)CO. The van der Waals surface area contributed by atoms with E-state index in [0.717, 1.165) is 0 Å². The number of halogens is 1. The van der Waals surface area contributed by atoms with Crippen molar-refractivity contribution in [2.45, 2.75) is 19.4 Å². The molecule has 1 aromatic heterocycles. The minimum Gasteiger partial charge on any atom is -0.394 e. The van der Waals surface area contributed by atoms with Gasteiger partial charge in [0, 0.05) is 7.05 Å². The van der Waals surface area contributed by atoms with Crippen LogP contribution in [0.2, 0.25) is 5.15 Å². The van der Waals surface area contributed by atoms with E-state index in [1.807, 2.05) is 19.9 Å². The number of aromatic nitrogens is 1. The predicted octanol–water partition coefficient (Wildman–Crippen LogP) is 1.81. The monoisotopic (exact) mass is 239 g/mol. The molecule has 0 saturated heterocycles. The van der Waals surface area contributed by atoms with Gasteiger partial charge in [0.2, 0.25) is 0 Å². The van der Waals surface area contributed by atoms with Crippen molar-refractivity contribution < 1.29 is 5.11 Å². The third kappa shape index (κ3) is 2.63. The number of nitrogens with zero attached hydrogens (tertiary/aromatic N) is 3. The summed E-state index contributed by atoms with van der Waals surface area (Å²) < 4.78 is 0. The molecule has 0 aliphatic carbocycles. The second-order valence-electron chi connectivity index (χ2n) is 4.18. The van der Waals surface area contributed by atoms with Crippen LogP contribution in [-0.2, 0) is 0 Å². The van der Waals surface area contributed by atoms with E-state index in [1.54, 1.807) is 18.0 Å². The third-order valence-corrected chi connectivity index (χ3v) is 2.74. The van der Waals surface area contributed by atoms with Crippen LogP contribution in [-0.4, -0.2) is 29.3 Å². The maximum absolute atomic E-state index is 9.25. The van der Waals surface area contributed by atoms with E-state index in [1.165, 1.54) is 6.07 Å². The molecule has 16 heavy (non-hydrogen) atoms. The highest BCUT2D eigenvalue weighted by Gasteiger charge is 2.24. The van der Waals surface area contributed by atoms with Crippen LogP contribution in [0.5, 0.6) is 0 Å². The van der Waals surface area contributed by atoms with E-state index < -0.39 is 5.54 Å². The van der Waals surface area contributed by atoms with Gasteiger partial charge in [0.25, 0.3) is 0 Å². The fourth-order valence-electron chi connectivity index (χ4n) is 1.14. The molecule has 0 unspecified atom stereocenters. The van der Waals surface area contributed by atoms with Crippen molar-refractivity contribution in [1.82, 2.24) is 4.98 Å². The summed E-state index contributed by atoms with van der Waals surface area (Å²) in [5.41, 5.74) is 0.000289. The Hall–Kier alpha value is -1.31. The van der Waals surface area contributed by atoms with Gasteiger partial charge in [0.15, 0.2) is 0 Å². The molecule has 1 N–H and O–H groups in total. The van der Waals surface area contributed by atoms with Gasteiger partial charge in [0.05, 0.1) is 23.8 Å². The van der Waals surface area contributed by atoms with Crippen molar-refractivity contribution >= 4 is 17.4 Å². The molecule has 1 rings (SSSR count). The summed E-state index contributed by atoms with van der Waals surface area (Å²) in [5.74, 6) is 0.572. The Bertz CT molecular complexity index is 426. The largest absolute Gasteiger partial charge is 0.394 e. The van der Waals surface area contributed by atoms with Gasteiger partial charge < -0.3 is 10.0 Å². The number of rotatable bonds is 3. The van der Waals surface area contributed by atoms with E-state index in [2.05, 4.69) is 4.98 Å². The fraction of sp³-hybridized carbons (Fsp3) is 0.455. The van der Waals surface area contributed by atoms with E-state index >= 15 is 0 Å². The predicted molar refractivity (Wildman–Crippen MR) is 63.5 cm³/mol. The zero-order valence-corrected chi connectivity index (χ0v) is 10.3. The van der Waals surface area contributed by atoms with Crippen molar-refractivity contribution in [2.24, 2.45) is 0 Å². The van der Waals surface area contributed by atoms with Crippen molar-refractivity contribution in [3.8, 4) is 6.07 Å². The molecule has 0 amide bonds. The topological polar surface area (TPSA) is 60.2 Å². The summed E-state index contributed by atoms with van der Waals surface area (Å²) in [7, 11) is 1.80. The van der Waals surface area contributed by atoms with Gasteiger partial charge in [-0.05, 0) is 26.0 Å². The number of nitriles is 1. The number of anilines is 1. The molecule has 1 aromatic rings. The van der Waals surface area contributed by atoms with Crippen LogP contribution in [0.4, 0.5) is 5.82 Å². The van der Waals surface area contributed by atoms with Gasteiger partial charge in [-0.1, -0.05) is 11.6 Å². The number of aliphatic hydroxyl groups is 1. The van der Waals surface area contributed by atoms with Crippen LogP contribution in [0.25, 0.3) is 0 Å². The Morgan fingerprint density at radius 2 is 2.19 bits per heavy atom. The summed E-state index contributed by atoms with van der Waals surface area (Å²) in [4.78, 5) is 5.92. The van der Waals surface area contributed by atoms with E-state index in [4.69, 9.17) is 16.9 Å². The lowest BCUT2D eigenvalue weighted by atomic mass is 10.1. The van der Waals surface area contributed by atoms with Gasteiger partial charge in [-0.3, -0.25) is 0 Å². The minimum absolute atomic E-state index is 0.0143. The van der Waals surface area contributed by atoms with Gasteiger partial charge in [-0.15, -0.1) is 0 Å². The van der Waals surface area contributed by atoms with Gasteiger partial charge in [0.1, 0.15) is 11.0 Å². The lowest BCUT2D eigenvalue weighted by molar-refractivity contribution is 0.215. The summed E-state index contributed by atoms with van der Waals surface area (Å²) in [6, 6.07) is 5.17. The molecule has 0 saturated carbocycles. The normalized spacial score (nSPS) is 11.0. The van der Waals surface area contributed by atoms with Crippen molar-refractivity contribution in [2.75, 3.05) is 18.6 Å². The van der Waals surface area contributed by atoms with Gasteiger partial charge in [-0.25, -0.2) is 4.98 Å². The van der Waals surface area contributed by atoms with E-state index in [0.29, 0.717) is 11.4 Å². The zero-order chi connectivity index (χ0) is 12.3. The number of pyridine rings is 1. The molecule has 0 atom stereocenters. The summed E-state index contributed by atoms with van der Waals surface area (Å²) in [6.45, 7) is 3.74. The van der Waals surface area contributed by atoms with Crippen LogP contribution in [0.3, 0.4) is 0 Å². The van der Waals surface area contributed by atoms with Crippen LogP contribution in [0, 0.1) is 11.3 Å². The Balaban J connectivity index is 3.14. The summed E-state index contributed by atoms with van der Waals surface area (Å²) in [6.07, 6.45) is 0. The van der Waals surface area contributed by atoms with E-state index in [9.17, 15) is 5.11 Å². The first-order valence-corrected chi connectivity index (χ1v) is 5.21. The highest BCUT2D eigenvalue weighted by Crippen LogP contribution is 2.22. The maximum atomic E-state index is 9.25. The van der Waals surface area contributed by atoms with Crippen LogP contribution >= 0.6 is 11.6 Å². The highest BCUT2D eigenvalue weighted by molar-refractivity contribution is 6.29. The van der Waals surface area contributed by atoms with Crippen molar-refractivity contribution in [1.29, 1.82) is 5.26 Å². The summed E-state index contributed by atoms with van der Waals surface area (Å²) in [5, 5.41) is 18.4. The lowest BCUT2D eigenvalue weighted by Crippen LogP contribution is -2.44. The van der Waals surface area contributed by atoms with Gasteiger partial charge >= 0.3 is 0 Å². The molecule has 0 fully saturated rings. The summed E-state index contributed by atoms with van der Waals surface area (Å²) >= 11 is 5.81. The average molecular weight is 240 g/mol. The highest BCUT2D eigenvalue weighted by atomic mass is 35.5. The van der Waals surface area contributed by atoms with Gasteiger partial charge in [-0.2, -0.15) is 5.26 Å². The molecule has 0 spiro atoms. The molecular formula is C11H14ClN3O. The van der Waals surface area contributed by atoms with Crippen LogP contribution < -0.4 is 4.90 Å². The van der Waals surface area contributed by atoms with Crippen molar-refractivity contribution in [3.63, 3.8) is 0 Å². The molecular weight excluding hydrogens is 226 g/mol. The number of hydrogen-bond acceptors (Lipinski definition) is 4. The standard InChI is InChI=1S/C11H14ClN3O/c1-11(2,7-16)15(3)10-5-8(6-13)4-9(12)14-10/h4-5,16H,7H2,1-3H3. The molecule has 5 heteroatoms. The maximum Gasteiger partial charge on any atom is 0.132 e. The molecule has 0 aromatic carbocycles. The number of aliphatic hydroxyl groups excluding tert-OH is 1. The molecule has 4 nitrogen and oxygen atoms in total. The van der Waals surface area contributed by atoms with Crippen LogP contribution in [0.1, 0.15) is 19.4 Å². The Kier molecular flexibility index (Phi) is 3.74. The van der Waals surface area contributed by atoms with Crippen LogP contribution in [0.15, 0.2) is 12.1 Å². The first-order chi connectivity index (χ1) is 7.40.